The van der Waals surface area contributed by atoms with E-state index in [1.807, 2.05) is 0 Å². The molecule has 0 spiro atoms. The molecule has 75 heavy (non-hydrogen) atoms. The lowest BCUT2D eigenvalue weighted by Gasteiger charge is -2.44. The molecule has 6 rings (SSSR count). The number of hydrogen-bond donors (Lipinski definition) is 10. The molecule has 3 aromatic rings. The number of benzene rings is 3. The van der Waals surface area contributed by atoms with Crippen molar-refractivity contribution in [3.05, 3.63) is 102 Å². The third-order valence-corrected chi connectivity index (χ3v) is 12.3. The van der Waals surface area contributed by atoms with Gasteiger partial charge >= 0.3 is 23.9 Å². The molecule has 0 bridgehead atoms. The third-order valence-electron chi connectivity index (χ3n) is 12.3. The zero-order chi connectivity index (χ0) is 54.6. The molecule has 16 unspecified atom stereocenters. The predicted octanol–water partition coefficient (Wildman–Crippen LogP) is -1.34. The molecule has 0 aromatic heterocycles. The molecule has 3 aliphatic heterocycles. The van der Waals surface area contributed by atoms with Gasteiger partial charge in [-0.2, -0.15) is 0 Å². The summed E-state index contributed by atoms with van der Waals surface area (Å²) in [6.45, 7) is 1.62. The summed E-state index contributed by atoms with van der Waals surface area (Å²) in [5.74, 6) is -4.23. The predicted molar refractivity (Wildman–Crippen MR) is 252 cm³/mol. The van der Waals surface area contributed by atoms with Crippen molar-refractivity contribution in [1.29, 1.82) is 0 Å². The zero-order valence-electron chi connectivity index (χ0n) is 41.0. The van der Waals surface area contributed by atoms with Crippen LogP contribution in [-0.2, 0) is 70.3 Å². The van der Waals surface area contributed by atoms with E-state index in [0.29, 0.717) is 16.7 Å². The molecule has 24 heteroatoms. The number of hydrogen-bond acceptors (Lipinski definition) is 24. The summed E-state index contributed by atoms with van der Waals surface area (Å²) in [4.78, 5) is 53.7. The van der Waals surface area contributed by atoms with Gasteiger partial charge in [-0.1, -0.05) is 68.4 Å². The molecule has 16 atom stereocenters. The number of ether oxygens (including phenoxy) is 10. The molecule has 0 radical (unpaired) electrons. The molecule has 10 N–H and O–H groups in total. The molecule has 24 nitrogen and oxygen atoms in total. The number of rotatable bonds is 22. The second-order valence-electron chi connectivity index (χ2n) is 18.5. The van der Waals surface area contributed by atoms with Crippen LogP contribution in [0.15, 0.2) is 84.9 Å². The first-order chi connectivity index (χ1) is 35.7. The van der Waals surface area contributed by atoms with Crippen molar-refractivity contribution in [2.75, 3.05) is 19.8 Å². The van der Waals surface area contributed by atoms with Gasteiger partial charge in [-0.25, -0.2) is 9.59 Å². The highest BCUT2D eigenvalue weighted by Gasteiger charge is 2.54. The fourth-order valence-electron chi connectivity index (χ4n) is 8.28. The largest absolute Gasteiger partial charge is 0.463 e. The van der Waals surface area contributed by atoms with Crippen molar-refractivity contribution in [3.8, 4) is 11.5 Å². The monoisotopic (exact) mass is 1060 g/mol. The van der Waals surface area contributed by atoms with Gasteiger partial charge in [0.2, 0.25) is 12.6 Å². The molecule has 3 heterocycles. The third kappa shape index (κ3) is 15.5. The summed E-state index contributed by atoms with van der Waals surface area (Å²) < 4.78 is 56.5. The van der Waals surface area contributed by atoms with E-state index in [1.165, 1.54) is 54.6 Å². The first kappa shape index (κ1) is 58.6. The average Bonchev–Trinajstić information content (AvgIpc) is 3.39. The van der Waals surface area contributed by atoms with E-state index in [1.54, 1.807) is 44.2 Å². The van der Waals surface area contributed by atoms with Crippen molar-refractivity contribution in [2.45, 2.75) is 145 Å². The first-order valence-electron chi connectivity index (χ1n) is 23.9. The lowest BCUT2D eigenvalue weighted by Crippen LogP contribution is -2.63. The van der Waals surface area contributed by atoms with Crippen molar-refractivity contribution >= 4 is 30.0 Å². The van der Waals surface area contributed by atoms with Crippen molar-refractivity contribution in [1.82, 2.24) is 0 Å². The molecular formula is C51H64O24. The summed E-state index contributed by atoms with van der Waals surface area (Å²) >= 11 is 0. The van der Waals surface area contributed by atoms with Crippen LogP contribution in [0, 0.1) is 5.92 Å². The quantitative estimate of drug-likeness (QED) is 0.0316. The van der Waals surface area contributed by atoms with E-state index in [0.717, 1.165) is 13.0 Å². The second-order valence-corrected chi connectivity index (χ2v) is 18.5. The molecule has 412 valence electrons. The zero-order valence-corrected chi connectivity index (χ0v) is 41.0. The fourth-order valence-corrected chi connectivity index (χ4v) is 8.28. The highest BCUT2D eigenvalue weighted by molar-refractivity contribution is 5.87. The smallest absolute Gasteiger partial charge is 0.339 e. The van der Waals surface area contributed by atoms with E-state index in [4.69, 9.17) is 47.4 Å². The van der Waals surface area contributed by atoms with Crippen LogP contribution in [0.3, 0.4) is 0 Å². The van der Waals surface area contributed by atoms with Gasteiger partial charge in [0.05, 0.1) is 19.6 Å². The van der Waals surface area contributed by atoms with Crippen LogP contribution >= 0.6 is 0 Å². The topological polar surface area (TPSA) is 363 Å². The van der Waals surface area contributed by atoms with Gasteiger partial charge < -0.3 is 98.4 Å². The van der Waals surface area contributed by atoms with E-state index in [-0.39, 0.29) is 17.9 Å². The van der Waals surface area contributed by atoms with Gasteiger partial charge in [0.25, 0.3) is 0 Å². The summed E-state index contributed by atoms with van der Waals surface area (Å²) in [6.07, 6.45) is -23.3. The van der Waals surface area contributed by atoms with Gasteiger partial charge in [0.15, 0.2) is 18.0 Å². The lowest BCUT2D eigenvalue weighted by molar-refractivity contribution is -0.328. The van der Waals surface area contributed by atoms with Crippen LogP contribution in [0.25, 0.3) is 6.08 Å². The van der Waals surface area contributed by atoms with E-state index < -0.39 is 167 Å². The maximum atomic E-state index is 14.7. The first-order valence-corrected chi connectivity index (χ1v) is 23.9. The van der Waals surface area contributed by atoms with Gasteiger partial charge in [0, 0.05) is 13.0 Å². The maximum Gasteiger partial charge on any atom is 0.339 e. The Bertz CT molecular complexity index is 2330. The Morgan fingerprint density at radius 1 is 0.600 bits per heavy atom. The van der Waals surface area contributed by atoms with Crippen molar-refractivity contribution in [3.63, 3.8) is 0 Å². The Kier molecular flexibility index (Phi) is 21.0. The van der Waals surface area contributed by atoms with Crippen LogP contribution in [0.5, 0.6) is 11.5 Å². The molecule has 3 fully saturated rings. The normalized spacial score (nSPS) is 30.7. The standard InChI is InChI=1S/C51H64O24/c1-26(2)19-51(50(65)68-24-30-11-16-32(17-12-30)70-48-44(63)42(61)39(58)34(22-53)72-48,20-37(56)67-23-29-9-14-31(15-10-29)69-47-43(62)41(60)38(57)33(21-52)71-47)75-49-45(64)46(40(59)35(73-49)25-66-27(3)54)74-36(55)18-13-28-7-5-4-6-8-28/h4-18,26,33-35,38-49,52-53,57-64H,19-25H2,1-3H3. The van der Waals surface area contributed by atoms with Crippen LogP contribution in [-0.4, -0.2) is 192 Å². The molecule has 3 aliphatic rings. The Hall–Kier alpha value is -5.68. The van der Waals surface area contributed by atoms with Gasteiger partial charge in [-0.05, 0) is 59.4 Å². The van der Waals surface area contributed by atoms with E-state index in [9.17, 15) is 70.2 Å². The summed E-state index contributed by atoms with van der Waals surface area (Å²) in [7, 11) is 0. The van der Waals surface area contributed by atoms with E-state index >= 15 is 0 Å². The molecular weight excluding hydrogens is 997 g/mol. The number of aliphatic hydroxyl groups excluding tert-OH is 10. The van der Waals surface area contributed by atoms with Gasteiger partial charge in [-0.3, -0.25) is 9.59 Å². The number of carbonyl (C=O) groups excluding carboxylic acids is 4. The number of esters is 4. The Morgan fingerprint density at radius 2 is 1.11 bits per heavy atom. The minimum Gasteiger partial charge on any atom is -0.463 e. The highest BCUT2D eigenvalue weighted by atomic mass is 16.7. The van der Waals surface area contributed by atoms with Gasteiger partial charge in [-0.15, -0.1) is 0 Å². The van der Waals surface area contributed by atoms with Crippen LogP contribution in [0.4, 0.5) is 0 Å². The minimum absolute atomic E-state index is 0.102. The summed E-state index contributed by atoms with van der Waals surface area (Å²) in [5.41, 5.74) is -1.02. The molecule has 0 aliphatic carbocycles. The van der Waals surface area contributed by atoms with Crippen LogP contribution in [0.2, 0.25) is 0 Å². The molecule has 3 saturated heterocycles. The Labute approximate surface area is 430 Å². The summed E-state index contributed by atoms with van der Waals surface area (Å²) in [5, 5.41) is 104. The number of carbonyl (C=O) groups is 4. The van der Waals surface area contributed by atoms with Gasteiger partial charge in [0.1, 0.15) is 98.5 Å². The molecule has 0 saturated carbocycles. The minimum atomic E-state index is -2.37. The van der Waals surface area contributed by atoms with Crippen LogP contribution < -0.4 is 9.47 Å². The Balaban J connectivity index is 1.23. The maximum absolute atomic E-state index is 14.7. The lowest BCUT2D eigenvalue weighted by atomic mass is 9.88. The fraction of sp³-hybridized carbons (Fsp3) is 0.529. The highest BCUT2D eigenvalue weighted by Crippen LogP contribution is 2.36. The van der Waals surface area contributed by atoms with Crippen molar-refractivity contribution < 1.29 is 118 Å². The van der Waals surface area contributed by atoms with E-state index in [2.05, 4.69) is 0 Å². The van der Waals surface area contributed by atoms with Crippen LogP contribution in [0.1, 0.15) is 50.3 Å². The second kappa shape index (κ2) is 26.9. The molecule has 3 aromatic carbocycles. The van der Waals surface area contributed by atoms with Crippen molar-refractivity contribution in [2.24, 2.45) is 5.92 Å². The Morgan fingerprint density at radius 3 is 1.60 bits per heavy atom. The number of aliphatic hydroxyl groups is 10. The molecule has 0 amide bonds. The SMILES string of the molecule is CC(=O)OCC1OC(OC(CC(=O)OCc2ccc(OC3OC(CO)C(O)C(O)C3O)cc2)(CC(C)C)C(=O)OCc2ccc(OC3OC(CO)C(O)C(O)C3O)cc2)C(O)C(OC(=O)C=Cc2ccccc2)C1O. The summed E-state index contributed by atoms with van der Waals surface area (Å²) in [6, 6.07) is 20.2. The average molecular weight is 1060 g/mol.